The quantitative estimate of drug-likeness (QED) is 0.771. The molecule has 0 saturated heterocycles. The van der Waals surface area contributed by atoms with Crippen LogP contribution in [0.3, 0.4) is 0 Å². The van der Waals surface area contributed by atoms with Crippen LogP contribution in [0, 0.1) is 12.7 Å². The molecule has 0 aliphatic heterocycles. The van der Waals surface area contributed by atoms with Gasteiger partial charge in [-0.25, -0.2) is 9.18 Å². The fourth-order valence-electron chi connectivity index (χ4n) is 1.32. The van der Waals surface area contributed by atoms with E-state index in [0.717, 1.165) is 17.3 Å². The van der Waals surface area contributed by atoms with Crippen LogP contribution in [0.25, 0.3) is 0 Å². The number of hydrogen-bond acceptors (Lipinski definition) is 2. The predicted molar refractivity (Wildman–Crippen MR) is 61.0 cm³/mol. The summed E-state index contributed by atoms with van der Waals surface area (Å²) in [5, 5.41) is 11.6. The average Bonchev–Trinajstić information content (AvgIpc) is 2.15. The van der Waals surface area contributed by atoms with Gasteiger partial charge >= 0.3 is 5.97 Å². The Morgan fingerprint density at radius 1 is 1.56 bits per heavy atom. The maximum absolute atomic E-state index is 12.8. The van der Waals surface area contributed by atoms with Gasteiger partial charge in [0.05, 0.1) is 0 Å². The van der Waals surface area contributed by atoms with Gasteiger partial charge in [-0.15, -0.1) is 0 Å². The van der Waals surface area contributed by atoms with Crippen molar-refractivity contribution in [2.75, 3.05) is 11.9 Å². The lowest BCUT2D eigenvalue weighted by Crippen LogP contribution is -2.05. The number of carbonyl (C=O) groups is 1. The number of rotatable bonds is 4. The second-order valence-corrected chi connectivity index (χ2v) is 3.64. The van der Waals surface area contributed by atoms with Gasteiger partial charge in [-0.2, -0.15) is 0 Å². The largest absolute Gasteiger partial charge is 0.478 e. The fraction of sp³-hybridized carbons (Fsp3) is 0.250. The molecule has 0 saturated carbocycles. The van der Waals surface area contributed by atoms with Crippen LogP contribution in [0.1, 0.15) is 12.5 Å². The Kier molecular flexibility index (Phi) is 4.05. The number of benzene rings is 1. The van der Waals surface area contributed by atoms with Gasteiger partial charge in [0.25, 0.3) is 0 Å². The molecule has 0 spiro atoms. The van der Waals surface area contributed by atoms with Crippen LogP contribution < -0.4 is 5.32 Å². The minimum absolute atomic E-state index is 0.277. The highest BCUT2D eigenvalue weighted by Crippen LogP contribution is 2.15. The molecule has 16 heavy (non-hydrogen) atoms. The van der Waals surface area contributed by atoms with Crippen LogP contribution in [0.5, 0.6) is 0 Å². The molecule has 0 fully saturated rings. The van der Waals surface area contributed by atoms with E-state index in [-0.39, 0.29) is 5.82 Å². The molecule has 0 unspecified atom stereocenters. The Labute approximate surface area is 93.6 Å². The number of halogens is 1. The molecule has 4 heteroatoms. The zero-order valence-corrected chi connectivity index (χ0v) is 9.25. The molecule has 0 heterocycles. The minimum atomic E-state index is -0.963. The molecule has 0 aromatic heterocycles. The highest BCUT2D eigenvalue weighted by Gasteiger charge is 2.00. The molecule has 86 valence electrons. The molecule has 0 atom stereocenters. The van der Waals surface area contributed by atoms with E-state index in [9.17, 15) is 9.18 Å². The monoisotopic (exact) mass is 223 g/mol. The first kappa shape index (κ1) is 12.2. The molecule has 0 amide bonds. The summed E-state index contributed by atoms with van der Waals surface area (Å²) in [5.41, 5.74) is 2.30. The standard InChI is InChI=1S/C12H14FNO2/c1-8(5-12(15)16)7-14-11-4-3-10(13)6-9(11)2/h3-6,14H,7H2,1-2H3,(H,15,16)/b8-5-. The van der Waals surface area contributed by atoms with Crippen LogP contribution in [0.4, 0.5) is 10.1 Å². The number of hydrogen-bond donors (Lipinski definition) is 2. The normalized spacial score (nSPS) is 11.3. The highest BCUT2D eigenvalue weighted by atomic mass is 19.1. The number of aliphatic carboxylic acids is 1. The summed E-state index contributed by atoms with van der Waals surface area (Å²) < 4.78 is 12.8. The maximum Gasteiger partial charge on any atom is 0.328 e. The topological polar surface area (TPSA) is 49.3 Å². The molecule has 1 aromatic rings. The lowest BCUT2D eigenvalue weighted by molar-refractivity contribution is -0.131. The van der Waals surface area contributed by atoms with E-state index in [0.29, 0.717) is 12.1 Å². The molecule has 0 bridgehead atoms. The number of carboxylic acid groups (broad SMARTS) is 1. The summed E-state index contributed by atoms with van der Waals surface area (Å²) >= 11 is 0. The number of carboxylic acids is 1. The summed E-state index contributed by atoms with van der Waals surface area (Å²) in [6, 6.07) is 4.43. The number of nitrogens with one attached hydrogen (secondary N) is 1. The summed E-state index contributed by atoms with van der Waals surface area (Å²) in [7, 11) is 0. The Balaban J connectivity index is 2.65. The van der Waals surface area contributed by atoms with E-state index in [4.69, 9.17) is 5.11 Å². The maximum atomic E-state index is 12.8. The third kappa shape index (κ3) is 3.73. The van der Waals surface area contributed by atoms with E-state index in [2.05, 4.69) is 5.32 Å². The van der Waals surface area contributed by atoms with Crippen molar-refractivity contribution in [1.82, 2.24) is 0 Å². The SMILES string of the molecule is C/C(=C/C(=O)O)CNc1ccc(F)cc1C. The zero-order chi connectivity index (χ0) is 12.1. The molecule has 0 aliphatic rings. The van der Waals surface area contributed by atoms with E-state index >= 15 is 0 Å². The van der Waals surface area contributed by atoms with Gasteiger partial charge in [0, 0.05) is 18.3 Å². The zero-order valence-electron chi connectivity index (χ0n) is 9.25. The minimum Gasteiger partial charge on any atom is -0.478 e. The predicted octanol–water partition coefficient (Wildman–Crippen LogP) is 2.58. The van der Waals surface area contributed by atoms with Crippen molar-refractivity contribution >= 4 is 11.7 Å². The van der Waals surface area contributed by atoms with Crippen molar-refractivity contribution < 1.29 is 14.3 Å². The van der Waals surface area contributed by atoms with Crippen LogP contribution in [-0.2, 0) is 4.79 Å². The van der Waals surface area contributed by atoms with Gasteiger partial charge in [-0.1, -0.05) is 0 Å². The van der Waals surface area contributed by atoms with Gasteiger partial charge in [0.15, 0.2) is 0 Å². The summed E-state index contributed by atoms with van der Waals surface area (Å²) in [4.78, 5) is 10.4. The van der Waals surface area contributed by atoms with Crippen molar-refractivity contribution in [3.05, 3.63) is 41.2 Å². The first-order valence-electron chi connectivity index (χ1n) is 4.89. The number of anilines is 1. The molecule has 1 rings (SSSR count). The van der Waals surface area contributed by atoms with E-state index in [1.54, 1.807) is 19.9 Å². The third-order valence-electron chi connectivity index (χ3n) is 2.12. The average molecular weight is 223 g/mol. The lowest BCUT2D eigenvalue weighted by atomic mass is 10.2. The highest BCUT2D eigenvalue weighted by molar-refractivity contribution is 5.80. The van der Waals surface area contributed by atoms with Crippen molar-refractivity contribution in [2.24, 2.45) is 0 Å². The second-order valence-electron chi connectivity index (χ2n) is 3.64. The molecule has 1 aromatic carbocycles. The Bertz CT molecular complexity index is 427. The van der Waals surface area contributed by atoms with Gasteiger partial charge in [-0.3, -0.25) is 0 Å². The molecule has 0 aliphatic carbocycles. The molecular weight excluding hydrogens is 209 g/mol. The van der Waals surface area contributed by atoms with Crippen LogP contribution in [-0.4, -0.2) is 17.6 Å². The smallest absolute Gasteiger partial charge is 0.328 e. The van der Waals surface area contributed by atoms with Crippen molar-refractivity contribution in [3.8, 4) is 0 Å². The molecule has 3 nitrogen and oxygen atoms in total. The first-order chi connectivity index (χ1) is 7.49. The summed E-state index contributed by atoms with van der Waals surface area (Å²) in [6.45, 7) is 3.94. The summed E-state index contributed by atoms with van der Waals surface area (Å²) in [6.07, 6.45) is 1.14. The number of aryl methyl sites for hydroxylation is 1. The van der Waals surface area contributed by atoms with Crippen molar-refractivity contribution in [3.63, 3.8) is 0 Å². The summed E-state index contributed by atoms with van der Waals surface area (Å²) in [5.74, 6) is -1.24. The van der Waals surface area contributed by atoms with E-state index < -0.39 is 5.97 Å². The Hall–Kier alpha value is -1.84. The molecule has 2 N–H and O–H groups in total. The van der Waals surface area contributed by atoms with Gasteiger partial charge < -0.3 is 10.4 Å². The first-order valence-corrected chi connectivity index (χ1v) is 4.89. The molecule has 0 radical (unpaired) electrons. The molecular formula is C12H14FNO2. The lowest BCUT2D eigenvalue weighted by Gasteiger charge is -2.09. The fourth-order valence-corrected chi connectivity index (χ4v) is 1.32. The third-order valence-corrected chi connectivity index (χ3v) is 2.12. The van der Waals surface area contributed by atoms with Gasteiger partial charge in [-0.05, 0) is 43.2 Å². The Morgan fingerprint density at radius 2 is 2.25 bits per heavy atom. The second kappa shape index (κ2) is 5.30. The van der Waals surface area contributed by atoms with Crippen molar-refractivity contribution in [1.29, 1.82) is 0 Å². The Morgan fingerprint density at radius 3 is 2.81 bits per heavy atom. The van der Waals surface area contributed by atoms with Gasteiger partial charge in [0.1, 0.15) is 5.82 Å². The van der Waals surface area contributed by atoms with Crippen molar-refractivity contribution in [2.45, 2.75) is 13.8 Å². The van der Waals surface area contributed by atoms with Crippen LogP contribution >= 0.6 is 0 Å². The van der Waals surface area contributed by atoms with E-state index in [1.165, 1.54) is 12.1 Å². The van der Waals surface area contributed by atoms with Crippen LogP contribution in [0.2, 0.25) is 0 Å². The van der Waals surface area contributed by atoms with Gasteiger partial charge in [0.2, 0.25) is 0 Å². The van der Waals surface area contributed by atoms with Crippen LogP contribution in [0.15, 0.2) is 29.8 Å². The van der Waals surface area contributed by atoms with E-state index in [1.807, 2.05) is 0 Å².